The molecule has 0 fully saturated rings. The van der Waals surface area contributed by atoms with Gasteiger partial charge in [0.15, 0.2) is 0 Å². The molecule has 2 aromatic heterocycles. The Balaban J connectivity index is 1.84. The quantitative estimate of drug-likeness (QED) is 0.805. The zero-order valence-corrected chi connectivity index (χ0v) is 13.1. The fourth-order valence-corrected chi connectivity index (χ4v) is 3.11. The van der Waals surface area contributed by atoms with Crippen molar-refractivity contribution < 1.29 is 9.53 Å². The van der Waals surface area contributed by atoms with Crippen LogP contribution < -0.4 is 10.1 Å². The molecule has 1 aliphatic rings. The maximum Gasteiger partial charge on any atom is 0.226 e. The summed E-state index contributed by atoms with van der Waals surface area (Å²) in [6.45, 7) is 0. The van der Waals surface area contributed by atoms with E-state index in [2.05, 4.69) is 15.3 Å². The maximum atomic E-state index is 12.3. The van der Waals surface area contributed by atoms with Crippen LogP contribution >= 0.6 is 0 Å². The molecule has 0 saturated carbocycles. The third kappa shape index (κ3) is 2.32. The minimum Gasteiger partial charge on any atom is -0.496 e. The van der Waals surface area contributed by atoms with Crippen molar-refractivity contribution in [1.82, 2.24) is 14.5 Å². The molecule has 1 atom stereocenters. The normalized spacial score (nSPS) is 16.4. The number of imidazole rings is 1. The number of fused-ring (bicyclic) bond motifs is 1. The number of ether oxygens (including phenoxy) is 1. The van der Waals surface area contributed by atoms with Gasteiger partial charge in [0.25, 0.3) is 0 Å². The van der Waals surface area contributed by atoms with Gasteiger partial charge < -0.3 is 10.1 Å². The number of carbonyl (C=O) groups is 1. The van der Waals surface area contributed by atoms with Crippen LogP contribution in [0, 0.1) is 0 Å². The number of aromatic nitrogens is 3. The molecule has 1 amide bonds. The van der Waals surface area contributed by atoms with Crippen LogP contribution in [0.1, 0.15) is 23.6 Å². The van der Waals surface area contributed by atoms with E-state index in [0.717, 1.165) is 22.7 Å². The summed E-state index contributed by atoms with van der Waals surface area (Å²) in [7, 11) is 1.64. The summed E-state index contributed by atoms with van der Waals surface area (Å²) < 4.78 is 7.31. The van der Waals surface area contributed by atoms with E-state index < -0.39 is 0 Å². The summed E-state index contributed by atoms with van der Waals surface area (Å²) in [4.78, 5) is 21.0. The summed E-state index contributed by atoms with van der Waals surface area (Å²) in [5, 5.41) is 2.94. The Hall–Kier alpha value is -3.15. The highest BCUT2D eigenvalue weighted by atomic mass is 16.5. The number of carbonyl (C=O) groups excluding carboxylic acids is 1. The molecule has 120 valence electrons. The van der Waals surface area contributed by atoms with Crippen LogP contribution in [0.2, 0.25) is 0 Å². The molecule has 0 unspecified atom stereocenters. The second kappa shape index (κ2) is 5.81. The highest BCUT2D eigenvalue weighted by Crippen LogP contribution is 2.40. The number of hydrogen-bond acceptors (Lipinski definition) is 4. The number of amides is 1. The van der Waals surface area contributed by atoms with E-state index in [1.165, 1.54) is 0 Å². The van der Waals surface area contributed by atoms with Gasteiger partial charge in [-0.25, -0.2) is 4.98 Å². The second-order valence-corrected chi connectivity index (χ2v) is 5.61. The van der Waals surface area contributed by atoms with Gasteiger partial charge in [-0.1, -0.05) is 18.2 Å². The molecular formula is C18H16N4O2. The SMILES string of the molecule is COc1ccccc1[C@H]1CC(=O)Nc2c1ncn2-c1cccnc1. The van der Waals surface area contributed by atoms with E-state index in [0.29, 0.717) is 12.2 Å². The van der Waals surface area contributed by atoms with Crippen molar-refractivity contribution in [2.75, 3.05) is 12.4 Å². The molecule has 3 heterocycles. The molecule has 1 N–H and O–H groups in total. The number of anilines is 1. The van der Waals surface area contributed by atoms with Crippen LogP contribution in [0.5, 0.6) is 5.75 Å². The van der Waals surface area contributed by atoms with E-state index in [-0.39, 0.29) is 11.8 Å². The van der Waals surface area contributed by atoms with Gasteiger partial charge in [-0.2, -0.15) is 0 Å². The van der Waals surface area contributed by atoms with E-state index in [1.54, 1.807) is 25.8 Å². The molecule has 0 radical (unpaired) electrons. The molecule has 3 aromatic rings. The number of methoxy groups -OCH3 is 1. The van der Waals surface area contributed by atoms with Crippen LogP contribution in [0.3, 0.4) is 0 Å². The van der Waals surface area contributed by atoms with Gasteiger partial charge in [-0.05, 0) is 18.2 Å². The Labute approximate surface area is 139 Å². The van der Waals surface area contributed by atoms with E-state index in [4.69, 9.17) is 4.74 Å². The van der Waals surface area contributed by atoms with Crippen LogP contribution in [0.4, 0.5) is 5.82 Å². The molecule has 24 heavy (non-hydrogen) atoms. The predicted molar refractivity (Wildman–Crippen MR) is 89.4 cm³/mol. The minimum atomic E-state index is -0.136. The van der Waals surface area contributed by atoms with Gasteiger partial charge in [0.05, 0.1) is 24.7 Å². The Morgan fingerprint density at radius 1 is 1.25 bits per heavy atom. The number of nitrogens with one attached hydrogen (secondary N) is 1. The zero-order chi connectivity index (χ0) is 16.5. The number of para-hydroxylation sites is 1. The first kappa shape index (κ1) is 14.4. The lowest BCUT2D eigenvalue weighted by Crippen LogP contribution is -2.25. The highest BCUT2D eigenvalue weighted by molar-refractivity contribution is 5.94. The Bertz CT molecular complexity index is 889. The molecule has 1 aliphatic heterocycles. The van der Waals surface area contributed by atoms with Gasteiger partial charge in [0.1, 0.15) is 17.9 Å². The van der Waals surface area contributed by atoms with Gasteiger partial charge in [-0.15, -0.1) is 0 Å². The Morgan fingerprint density at radius 3 is 2.92 bits per heavy atom. The molecule has 4 rings (SSSR count). The van der Waals surface area contributed by atoms with Gasteiger partial charge >= 0.3 is 0 Å². The number of hydrogen-bond donors (Lipinski definition) is 1. The lowest BCUT2D eigenvalue weighted by atomic mass is 9.89. The zero-order valence-electron chi connectivity index (χ0n) is 13.1. The van der Waals surface area contributed by atoms with Crippen LogP contribution in [0.25, 0.3) is 5.69 Å². The summed E-state index contributed by atoms with van der Waals surface area (Å²) in [6.07, 6.45) is 5.51. The number of benzene rings is 1. The van der Waals surface area contributed by atoms with Gasteiger partial charge in [0.2, 0.25) is 5.91 Å². The summed E-state index contributed by atoms with van der Waals surface area (Å²) in [5.41, 5.74) is 2.66. The fraction of sp³-hybridized carbons (Fsp3) is 0.167. The van der Waals surface area contributed by atoms with E-state index >= 15 is 0 Å². The van der Waals surface area contributed by atoms with Crippen molar-refractivity contribution in [2.45, 2.75) is 12.3 Å². The Kier molecular flexibility index (Phi) is 3.49. The molecule has 0 saturated heterocycles. The third-order valence-electron chi connectivity index (χ3n) is 4.21. The Morgan fingerprint density at radius 2 is 2.12 bits per heavy atom. The van der Waals surface area contributed by atoms with Gasteiger partial charge in [0, 0.05) is 24.1 Å². The minimum absolute atomic E-state index is 0.0379. The lowest BCUT2D eigenvalue weighted by Gasteiger charge is -2.24. The fourth-order valence-electron chi connectivity index (χ4n) is 3.11. The third-order valence-corrected chi connectivity index (χ3v) is 4.21. The van der Waals surface area contributed by atoms with Crippen molar-refractivity contribution in [1.29, 1.82) is 0 Å². The molecule has 6 heteroatoms. The smallest absolute Gasteiger partial charge is 0.226 e. The number of nitrogens with zero attached hydrogens (tertiary/aromatic N) is 3. The first-order chi connectivity index (χ1) is 11.8. The van der Waals surface area contributed by atoms with E-state index in [9.17, 15) is 4.79 Å². The summed E-state index contributed by atoms with van der Waals surface area (Å²) >= 11 is 0. The maximum absolute atomic E-state index is 12.3. The second-order valence-electron chi connectivity index (χ2n) is 5.61. The van der Waals surface area contributed by atoms with Crippen LogP contribution in [0.15, 0.2) is 55.1 Å². The first-order valence-corrected chi connectivity index (χ1v) is 7.68. The van der Waals surface area contributed by atoms with Crippen molar-refractivity contribution in [3.63, 3.8) is 0 Å². The standard InChI is InChI=1S/C18H16N4O2/c1-24-15-7-3-2-6-13(15)14-9-16(23)21-18-17(14)20-11-22(18)12-5-4-8-19-10-12/h2-8,10-11,14H,9H2,1H3,(H,21,23)/t14-/m1/s1. The van der Waals surface area contributed by atoms with Crippen molar-refractivity contribution in [2.24, 2.45) is 0 Å². The van der Waals surface area contributed by atoms with Crippen molar-refractivity contribution in [3.8, 4) is 11.4 Å². The number of pyridine rings is 1. The molecule has 1 aromatic carbocycles. The largest absolute Gasteiger partial charge is 0.496 e. The topological polar surface area (TPSA) is 69.0 Å². The molecule has 0 bridgehead atoms. The molecule has 6 nitrogen and oxygen atoms in total. The van der Waals surface area contributed by atoms with Crippen molar-refractivity contribution >= 4 is 11.7 Å². The van der Waals surface area contributed by atoms with Gasteiger partial charge in [-0.3, -0.25) is 14.3 Å². The average molecular weight is 320 g/mol. The number of rotatable bonds is 3. The molecular weight excluding hydrogens is 304 g/mol. The molecule has 0 spiro atoms. The van der Waals surface area contributed by atoms with E-state index in [1.807, 2.05) is 41.0 Å². The highest BCUT2D eigenvalue weighted by Gasteiger charge is 2.32. The average Bonchev–Trinajstić information content (AvgIpc) is 3.05. The summed E-state index contributed by atoms with van der Waals surface area (Å²) in [6, 6.07) is 11.5. The summed E-state index contributed by atoms with van der Waals surface area (Å²) in [5.74, 6) is 1.28. The first-order valence-electron chi connectivity index (χ1n) is 7.68. The monoisotopic (exact) mass is 320 g/mol. The van der Waals surface area contributed by atoms with Crippen LogP contribution in [-0.2, 0) is 4.79 Å². The van der Waals surface area contributed by atoms with Crippen molar-refractivity contribution in [3.05, 3.63) is 66.4 Å². The lowest BCUT2D eigenvalue weighted by molar-refractivity contribution is -0.116. The molecule has 0 aliphatic carbocycles. The van der Waals surface area contributed by atoms with Crippen LogP contribution in [-0.4, -0.2) is 27.6 Å². The predicted octanol–water partition coefficient (Wildman–Crippen LogP) is 2.75.